The molecule has 1 aliphatic carbocycles. The van der Waals surface area contributed by atoms with Crippen molar-refractivity contribution in [2.24, 2.45) is 0 Å². The Kier molecular flexibility index (Phi) is 3.13. The van der Waals surface area contributed by atoms with Crippen LogP contribution in [-0.4, -0.2) is 6.10 Å². The molecule has 0 spiro atoms. The maximum absolute atomic E-state index is 8.93. The van der Waals surface area contributed by atoms with Crippen molar-refractivity contribution < 1.29 is 4.74 Å². The summed E-state index contributed by atoms with van der Waals surface area (Å²) in [6.45, 7) is 0. The van der Waals surface area contributed by atoms with E-state index in [0.29, 0.717) is 16.3 Å². The number of nitrogens with zero attached hydrogens (tertiary/aromatic N) is 1. The second-order valence-electron chi connectivity index (χ2n) is 3.78. The van der Waals surface area contributed by atoms with Gasteiger partial charge >= 0.3 is 0 Å². The number of rotatable bonds is 2. The number of halogens is 1. The third kappa shape index (κ3) is 2.43. The highest BCUT2D eigenvalue weighted by Crippen LogP contribution is 2.27. The van der Waals surface area contributed by atoms with Crippen LogP contribution < -0.4 is 4.74 Å². The Balaban J connectivity index is 2.16. The summed E-state index contributed by atoms with van der Waals surface area (Å²) in [7, 11) is 0. The van der Waals surface area contributed by atoms with E-state index in [1.54, 1.807) is 18.2 Å². The molecule has 2 nitrogen and oxygen atoms in total. The Labute approximate surface area is 94.4 Å². The molecule has 1 aromatic carbocycles. The van der Waals surface area contributed by atoms with Gasteiger partial charge in [-0.25, -0.2) is 0 Å². The van der Waals surface area contributed by atoms with Crippen molar-refractivity contribution in [2.45, 2.75) is 31.8 Å². The average Bonchev–Trinajstić information content (AvgIpc) is 2.73. The predicted molar refractivity (Wildman–Crippen MR) is 59.1 cm³/mol. The Morgan fingerprint density at radius 3 is 2.73 bits per heavy atom. The number of ether oxygens (including phenoxy) is 1. The van der Waals surface area contributed by atoms with Crippen molar-refractivity contribution in [3.8, 4) is 11.8 Å². The van der Waals surface area contributed by atoms with Crippen molar-refractivity contribution >= 4 is 11.6 Å². The van der Waals surface area contributed by atoms with Crippen molar-refractivity contribution in [3.63, 3.8) is 0 Å². The van der Waals surface area contributed by atoms with Crippen LogP contribution in [-0.2, 0) is 0 Å². The second-order valence-corrected chi connectivity index (χ2v) is 4.21. The Bertz CT molecular complexity index is 391. The molecule has 1 fully saturated rings. The summed E-state index contributed by atoms with van der Waals surface area (Å²) >= 11 is 5.81. The maximum Gasteiger partial charge on any atom is 0.137 e. The van der Waals surface area contributed by atoms with E-state index in [2.05, 4.69) is 6.07 Å². The monoisotopic (exact) mass is 221 g/mol. The average molecular weight is 222 g/mol. The lowest BCUT2D eigenvalue weighted by atomic mass is 10.2. The minimum atomic E-state index is 0.276. The highest BCUT2D eigenvalue weighted by atomic mass is 35.5. The molecule has 0 N–H and O–H groups in total. The van der Waals surface area contributed by atoms with E-state index in [4.69, 9.17) is 21.6 Å². The molecule has 15 heavy (non-hydrogen) atoms. The van der Waals surface area contributed by atoms with Crippen LogP contribution in [0.15, 0.2) is 18.2 Å². The molecule has 2 rings (SSSR count). The summed E-state index contributed by atoms with van der Waals surface area (Å²) in [6, 6.07) is 7.28. The molecule has 3 heteroatoms. The first-order valence-corrected chi connectivity index (χ1v) is 5.53. The van der Waals surface area contributed by atoms with E-state index in [0.717, 1.165) is 12.8 Å². The Hall–Kier alpha value is -1.20. The second kappa shape index (κ2) is 4.55. The summed E-state index contributed by atoms with van der Waals surface area (Å²) < 4.78 is 5.77. The van der Waals surface area contributed by atoms with Gasteiger partial charge in [-0.2, -0.15) is 5.26 Å². The molecule has 0 saturated heterocycles. The molecule has 0 amide bonds. The molecule has 0 atom stereocenters. The van der Waals surface area contributed by atoms with Crippen molar-refractivity contribution in [1.82, 2.24) is 0 Å². The lowest BCUT2D eigenvalue weighted by Crippen LogP contribution is -2.11. The lowest BCUT2D eigenvalue weighted by molar-refractivity contribution is 0.209. The van der Waals surface area contributed by atoms with Gasteiger partial charge in [0, 0.05) is 5.02 Å². The normalized spacial score (nSPS) is 16.3. The van der Waals surface area contributed by atoms with E-state index in [-0.39, 0.29) is 6.10 Å². The van der Waals surface area contributed by atoms with Crippen LogP contribution in [0.4, 0.5) is 0 Å². The van der Waals surface area contributed by atoms with Crippen molar-refractivity contribution in [1.29, 1.82) is 5.26 Å². The summed E-state index contributed by atoms with van der Waals surface area (Å²) in [6.07, 6.45) is 4.90. The van der Waals surface area contributed by atoms with Gasteiger partial charge in [-0.05, 0) is 43.9 Å². The minimum absolute atomic E-state index is 0.276. The lowest BCUT2D eigenvalue weighted by Gasteiger charge is -2.13. The first-order chi connectivity index (χ1) is 7.29. The van der Waals surface area contributed by atoms with Crippen LogP contribution in [0.5, 0.6) is 5.75 Å². The number of nitriles is 1. The van der Waals surface area contributed by atoms with Gasteiger partial charge in [0.15, 0.2) is 0 Å². The number of benzene rings is 1. The van der Waals surface area contributed by atoms with Gasteiger partial charge in [-0.15, -0.1) is 0 Å². The van der Waals surface area contributed by atoms with Crippen LogP contribution in [0.1, 0.15) is 31.2 Å². The van der Waals surface area contributed by atoms with Gasteiger partial charge in [0.2, 0.25) is 0 Å². The first kappa shape index (κ1) is 10.3. The molecule has 1 aromatic rings. The Morgan fingerprint density at radius 2 is 2.07 bits per heavy atom. The molecule has 0 aromatic heterocycles. The number of hydrogen-bond acceptors (Lipinski definition) is 2. The van der Waals surface area contributed by atoms with Gasteiger partial charge in [0.05, 0.1) is 11.7 Å². The van der Waals surface area contributed by atoms with Crippen LogP contribution in [0.25, 0.3) is 0 Å². The molecule has 1 saturated carbocycles. The summed E-state index contributed by atoms with van der Waals surface area (Å²) in [5.41, 5.74) is 0.523. The minimum Gasteiger partial charge on any atom is -0.489 e. The van der Waals surface area contributed by atoms with Crippen molar-refractivity contribution in [2.75, 3.05) is 0 Å². The van der Waals surface area contributed by atoms with Gasteiger partial charge in [0.1, 0.15) is 11.8 Å². The molecular weight excluding hydrogens is 210 g/mol. The highest BCUT2D eigenvalue weighted by molar-refractivity contribution is 6.30. The van der Waals surface area contributed by atoms with E-state index < -0.39 is 0 Å². The fourth-order valence-electron chi connectivity index (χ4n) is 1.88. The van der Waals surface area contributed by atoms with Crippen molar-refractivity contribution in [3.05, 3.63) is 28.8 Å². The maximum atomic E-state index is 8.93. The SMILES string of the molecule is N#Cc1cc(Cl)ccc1OC1CCCC1. The molecule has 0 heterocycles. The highest BCUT2D eigenvalue weighted by Gasteiger charge is 2.17. The third-order valence-electron chi connectivity index (χ3n) is 2.66. The summed E-state index contributed by atoms with van der Waals surface area (Å²) in [5, 5.41) is 9.50. The largest absolute Gasteiger partial charge is 0.489 e. The van der Waals surface area contributed by atoms with Gasteiger partial charge in [0.25, 0.3) is 0 Å². The molecule has 78 valence electrons. The topological polar surface area (TPSA) is 33.0 Å². The van der Waals surface area contributed by atoms with Crippen LogP contribution in [0, 0.1) is 11.3 Å². The summed E-state index contributed by atoms with van der Waals surface area (Å²) in [4.78, 5) is 0. The molecule has 1 aliphatic rings. The zero-order valence-electron chi connectivity index (χ0n) is 8.37. The van der Waals surface area contributed by atoms with Crippen LogP contribution >= 0.6 is 11.6 Å². The van der Waals surface area contributed by atoms with Gasteiger partial charge in [-0.3, -0.25) is 0 Å². The molecule has 0 bridgehead atoms. The molecule has 0 radical (unpaired) electrons. The van der Waals surface area contributed by atoms with Crippen LogP contribution in [0.3, 0.4) is 0 Å². The van der Waals surface area contributed by atoms with Crippen LogP contribution in [0.2, 0.25) is 5.02 Å². The Morgan fingerprint density at radius 1 is 1.33 bits per heavy atom. The van der Waals surface area contributed by atoms with E-state index >= 15 is 0 Å². The van der Waals surface area contributed by atoms with E-state index in [9.17, 15) is 0 Å². The zero-order chi connectivity index (χ0) is 10.7. The quantitative estimate of drug-likeness (QED) is 0.766. The smallest absolute Gasteiger partial charge is 0.137 e. The third-order valence-corrected chi connectivity index (χ3v) is 2.89. The predicted octanol–water partition coefficient (Wildman–Crippen LogP) is 3.53. The molecular formula is C12H12ClNO. The van der Waals surface area contributed by atoms with Gasteiger partial charge in [-0.1, -0.05) is 11.6 Å². The van der Waals surface area contributed by atoms with E-state index in [1.165, 1.54) is 12.8 Å². The van der Waals surface area contributed by atoms with E-state index in [1.807, 2.05) is 0 Å². The fourth-order valence-corrected chi connectivity index (χ4v) is 2.05. The van der Waals surface area contributed by atoms with Gasteiger partial charge < -0.3 is 4.74 Å². The standard InChI is InChI=1S/C12H12ClNO/c13-10-5-6-12(9(7-10)8-14)15-11-3-1-2-4-11/h5-7,11H,1-4H2. The first-order valence-electron chi connectivity index (χ1n) is 5.16. The molecule has 0 unspecified atom stereocenters. The summed E-state index contributed by atoms with van der Waals surface area (Å²) in [5.74, 6) is 0.661. The zero-order valence-corrected chi connectivity index (χ0v) is 9.13. The fraction of sp³-hybridized carbons (Fsp3) is 0.417. The molecule has 0 aliphatic heterocycles. The number of hydrogen-bond donors (Lipinski definition) is 0.